The predicted octanol–water partition coefficient (Wildman–Crippen LogP) is 3.50. The maximum absolute atomic E-state index is 10.4. The van der Waals surface area contributed by atoms with Crippen molar-refractivity contribution in [2.45, 2.75) is 39.7 Å². The minimum absolute atomic E-state index is 0.496. The quantitative estimate of drug-likeness (QED) is 0.900. The molecule has 0 amide bonds. The molecule has 0 aliphatic carbocycles. The topological polar surface area (TPSA) is 46.3 Å². The Labute approximate surface area is 107 Å². The molecule has 0 fully saturated rings. The molecule has 3 nitrogen and oxygen atoms in total. The average Bonchev–Trinajstić information content (AvgIpc) is 2.68. The van der Waals surface area contributed by atoms with Crippen molar-refractivity contribution in [1.29, 1.82) is 0 Å². The summed E-state index contributed by atoms with van der Waals surface area (Å²) >= 11 is 0. The van der Waals surface area contributed by atoms with Gasteiger partial charge in [-0.15, -0.1) is 0 Å². The second kappa shape index (κ2) is 4.94. The minimum Gasteiger partial charge on any atom is -0.383 e. The molecule has 0 spiro atoms. The van der Waals surface area contributed by atoms with Gasteiger partial charge in [-0.3, -0.25) is 0 Å². The fourth-order valence-electron chi connectivity index (χ4n) is 2.11. The number of hydrogen-bond acceptors (Lipinski definition) is 3. The molecule has 0 aliphatic rings. The van der Waals surface area contributed by atoms with Gasteiger partial charge in [0, 0.05) is 0 Å². The van der Waals surface area contributed by atoms with E-state index in [9.17, 15) is 5.11 Å². The summed E-state index contributed by atoms with van der Waals surface area (Å²) in [4.78, 5) is 0. The van der Waals surface area contributed by atoms with Gasteiger partial charge in [-0.05, 0) is 30.9 Å². The molecule has 1 heterocycles. The van der Waals surface area contributed by atoms with E-state index >= 15 is 0 Å². The lowest BCUT2D eigenvalue weighted by molar-refractivity contribution is 0.217. The highest BCUT2D eigenvalue weighted by molar-refractivity contribution is 5.35. The van der Waals surface area contributed by atoms with Crippen LogP contribution in [-0.2, 0) is 0 Å². The Hall–Kier alpha value is -1.61. The maximum atomic E-state index is 10.4. The molecule has 0 bridgehead atoms. The maximum Gasteiger partial charge on any atom is 0.140 e. The first-order chi connectivity index (χ1) is 8.50. The third kappa shape index (κ3) is 2.31. The van der Waals surface area contributed by atoms with Crippen LogP contribution in [0.5, 0.6) is 0 Å². The van der Waals surface area contributed by atoms with Gasteiger partial charge in [0.2, 0.25) is 0 Å². The lowest BCUT2D eigenvalue weighted by Crippen LogP contribution is -2.02. The van der Waals surface area contributed by atoms with Crippen LogP contribution in [0, 0.1) is 13.8 Å². The number of aryl methyl sites for hydroxylation is 2. The number of benzene rings is 1. The van der Waals surface area contributed by atoms with Crippen LogP contribution in [0.3, 0.4) is 0 Å². The summed E-state index contributed by atoms with van der Waals surface area (Å²) in [5, 5.41) is 14.2. The number of hydrogen-bond donors (Lipinski definition) is 1. The van der Waals surface area contributed by atoms with Crippen LogP contribution < -0.4 is 0 Å². The monoisotopic (exact) mass is 245 g/mol. The molecular weight excluding hydrogens is 226 g/mol. The Balaban J connectivity index is 2.32. The van der Waals surface area contributed by atoms with Crippen molar-refractivity contribution in [2.75, 3.05) is 0 Å². The number of nitrogens with zero attached hydrogens (tertiary/aromatic N) is 1. The van der Waals surface area contributed by atoms with Crippen LogP contribution in [0.4, 0.5) is 0 Å². The molecule has 1 atom stereocenters. The Morgan fingerprint density at radius 2 is 1.61 bits per heavy atom. The first kappa shape index (κ1) is 12.8. The van der Waals surface area contributed by atoms with Gasteiger partial charge in [-0.2, -0.15) is 0 Å². The zero-order valence-corrected chi connectivity index (χ0v) is 11.3. The largest absolute Gasteiger partial charge is 0.383 e. The van der Waals surface area contributed by atoms with Gasteiger partial charge in [0.1, 0.15) is 11.9 Å². The molecule has 18 heavy (non-hydrogen) atoms. The number of aliphatic hydroxyl groups is 1. The van der Waals surface area contributed by atoms with Gasteiger partial charge >= 0.3 is 0 Å². The summed E-state index contributed by atoms with van der Waals surface area (Å²) in [5.74, 6) is 1.17. The lowest BCUT2D eigenvalue weighted by atomic mass is 9.96. The van der Waals surface area contributed by atoms with E-state index in [0.717, 1.165) is 16.8 Å². The van der Waals surface area contributed by atoms with Crippen LogP contribution in [0.1, 0.15) is 54.0 Å². The van der Waals surface area contributed by atoms with Crippen molar-refractivity contribution in [3.63, 3.8) is 0 Å². The molecular formula is C15H19NO2. The van der Waals surface area contributed by atoms with E-state index in [4.69, 9.17) is 4.52 Å². The molecule has 0 unspecified atom stereocenters. The molecule has 1 N–H and O–H groups in total. The molecule has 0 radical (unpaired) electrons. The summed E-state index contributed by atoms with van der Waals surface area (Å²) in [5.41, 5.74) is 3.65. The molecule has 1 aromatic carbocycles. The predicted molar refractivity (Wildman–Crippen MR) is 70.6 cm³/mol. The van der Waals surface area contributed by atoms with E-state index in [1.165, 1.54) is 5.56 Å². The van der Waals surface area contributed by atoms with Crippen LogP contribution in [0.2, 0.25) is 0 Å². The van der Waals surface area contributed by atoms with Crippen molar-refractivity contribution in [3.05, 3.63) is 52.4 Å². The Kier molecular flexibility index (Phi) is 3.53. The fraction of sp³-hybridized carbons (Fsp3) is 0.400. The van der Waals surface area contributed by atoms with Gasteiger partial charge in [0.15, 0.2) is 0 Å². The van der Waals surface area contributed by atoms with E-state index in [0.29, 0.717) is 11.7 Å². The SMILES string of the molecule is Cc1noc(C)c1[C@@H](O)c1ccc(C(C)C)cc1. The summed E-state index contributed by atoms with van der Waals surface area (Å²) in [6.07, 6.45) is -0.669. The van der Waals surface area contributed by atoms with Crippen molar-refractivity contribution >= 4 is 0 Å². The van der Waals surface area contributed by atoms with Crippen molar-refractivity contribution in [3.8, 4) is 0 Å². The molecule has 1 aromatic heterocycles. The highest BCUT2D eigenvalue weighted by atomic mass is 16.5. The van der Waals surface area contributed by atoms with Gasteiger partial charge in [-0.25, -0.2) is 0 Å². The molecule has 2 aromatic rings. The molecule has 3 heteroatoms. The van der Waals surface area contributed by atoms with Crippen molar-refractivity contribution in [1.82, 2.24) is 5.16 Å². The summed E-state index contributed by atoms with van der Waals surface area (Å²) in [7, 11) is 0. The normalized spacial score (nSPS) is 13.0. The van der Waals surface area contributed by atoms with E-state index in [-0.39, 0.29) is 0 Å². The van der Waals surface area contributed by atoms with Gasteiger partial charge in [-0.1, -0.05) is 43.3 Å². The second-order valence-corrected chi connectivity index (χ2v) is 4.96. The Bertz CT molecular complexity index is 506. The third-order valence-electron chi connectivity index (χ3n) is 3.28. The van der Waals surface area contributed by atoms with Gasteiger partial charge in [0.05, 0.1) is 11.3 Å². The fourth-order valence-corrected chi connectivity index (χ4v) is 2.11. The highest BCUT2D eigenvalue weighted by Crippen LogP contribution is 2.28. The van der Waals surface area contributed by atoms with E-state index < -0.39 is 6.10 Å². The average molecular weight is 245 g/mol. The summed E-state index contributed by atoms with van der Waals surface area (Å²) < 4.78 is 5.09. The zero-order valence-electron chi connectivity index (χ0n) is 11.3. The van der Waals surface area contributed by atoms with E-state index in [1.54, 1.807) is 0 Å². The summed E-state index contributed by atoms with van der Waals surface area (Å²) in [6.45, 7) is 7.97. The summed E-state index contributed by atoms with van der Waals surface area (Å²) in [6, 6.07) is 8.04. The smallest absolute Gasteiger partial charge is 0.140 e. The zero-order chi connectivity index (χ0) is 13.3. The Morgan fingerprint density at radius 1 is 1.06 bits per heavy atom. The van der Waals surface area contributed by atoms with Crippen LogP contribution in [0.25, 0.3) is 0 Å². The first-order valence-electron chi connectivity index (χ1n) is 6.21. The standard InChI is InChI=1S/C15H19NO2/c1-9(2)12-5-7-13(8-6-12)15(17)14-10(3)16-18-11(14)4/h5-9,15,17H,1-4H3/t15-/m0/s1. The minimum atomic E-state index is -0.669. The van der Waals surface area contributed by atoms with Crippen molar-refractivity contribution in [2.24, 2.45) is 0 Å². The van der Waals surface area contributed by atoms with Crippen LogP contribution >= 0.6 is 0 Å². The van der Waals surface area contributed by atoms with E-state index in [2.05, 4.69) is 31.1 Å². The third-order valence-corrected chi connectivity index (χ3v) is 3.28. The first-order valence-corrected chi connectivity index (χ1v) is 6.21. The number of rotatable bonds is 3. The molecule has 2 rings (SSSR count). The highest BCUT2D eigenvalue weighted by Gasteiger charge is 2.19. The molecule has 0 aliphatic heterocycles. The molecule has 96 valence electrons. The van der Waals surface area contributed by atoms with Gasteiger partial charge < -0.3 is 9.63 Å². The second-order valence-electron chi connectivity index (χ2n) is 4.96. The number of aliphatic hydroxyl groups excluding tert-OH is 1. The van der Waals surface area contributed by atoms with Crippen molar-refractivity contribution < 1.29 is 9.63 Å². The van der Waals surface area contributed by atoms with Crippen LogP contribution in [0.15, 0.2) is 28.8 Å². The molecule has 0 saturated heterocycles. The van der Waals surface area contributed by atoms with E-state index in [1.807, 2.05) is 26.0 Å². The lowest BCUT2D eigenvalue weighted by Gasteiger charge is -2.12. The van der Waals surface area contributed by atoms with Crippen LogP contribution in [-0.4, -0.2) is 10.3 Å². The Morgan fingerprint density at radius 3 is 2.06 bits per heavy atom. The molecule has 0 saturated carbocycles. The van der Waals surface area contributed by atoms with Gasteiger partial charge in [0.25, 0.3) is 0 Å². The number of aromatic nitrogens is 1.